The van der Waals surface area contributed by atoms with Crippen LogP contribution in [0.25, 0.3) is 0 Å². The van der Waals surface area contributed by atoms with Crippen molar-refractivity contribution in [2.75, 3.05) is 15.6 Å². The van der Waals surface area contributed by atoms with E-state index < -0.39 is 20.0 Å². The van der Waals surface area contributed by atoms with Crippen molar-refractivity contribution in [3.63, 3.8) is 0 Å². The minimum absolute atomic E-state index is 0.192. The number of hydrogen-bond donors (Lipinski definition) is 1. The van der Waals surface area contributed by atoms with Crippen LogP contribution in [0.2, 0.25) is 0 Å². The van der Waals surface area contributed by atoms with E-state index in [0.29, 0.717) is 35.0 Å². The molecule has 29 heavy (non-hydrogen) atoms. The Labute approximate surface area is 174 Å². The van der Waals surface area contributed by atoms with Crippen LogP contribution in [0.1, 0.15) is 17.5 Å². The maximum Gasteiger partial charge on any atom is 0.273 e. The monoisotopic (exact) mass is 448 g/mol. The number of benzene rings is 2. The van der Waals surface area contributed by atoms with Gasteiger partial charge in [0.2, 0.25) is 0 Å². The van der Waals surface area contributed by atoms with Gasteiger partial charge in [0.25, 0.3) is 20.0 Å². The van der Waals surface area contributed by atoms with Gasteiger partial charge in [0.05, 0.1) is 10.6 Å². The summed E-state index contributed by atoms with van der Waals surface area (Å²) >= 11 is 1.19. The summed E-state index contributed by atoms with van der Waals surface area (Å²) in [6.45, 7) is 2.24. The zero-order valence-corrected chi connectivity index (χ0v) is 18.1. The Balaban J connectivity index is 1.66. The van der Waals surface area contributed by atoms with E-state index in [4.69, 9.17) is 0 Å². The van der Waals surface area contributed by atoms with Crippen molar-refractivity contribution in [2.24, 2.45) is 0 Å². The summed E-state index contributed by atoms with van der Waals surface area (Å²) in [5, 5.41) is 1.74. The van der Waals surface area contributed by atoms with E-state index in [9.17, 15) is 16.8 Å². The van der Waals surface area contributed by atoms with Gasteiger partial charge in [-0.25, -0.2) is 16.8 Å². The first kappa shape index (κ1) is 19.9. The molecule has 0 bridgehead atoms. The Morgan fingerprint density at radius 3 is 2.55 bits per heavy atom. The van der Waals surface area contributed by atoms with Gasteiger partial charge < -0.3 is 0 Å². The average Bonchev–Trinajstić information content (AvgIpc) is 3.23. The van der Waals surface area contributed by atoms with Crippen LogP contribution in [0.3, 0.4) is 0 Å². The molecule has 0 amide bonds. The van der Waals surface area contributed by atoms with Gasteiger partial charge >= 0.3 is 0 Å². The van der Waals surface area contributed by atoms with Gasteiger partial charge in [-0.1, -0.05) is 18.2 Å². The Morgan fingerprint density at radius 1 is 1.00 bits per heavy atom. The highest BCUT2D eigenvalue weighted by molar-refractivity contribution is 7.94. The molecule has 0 atom stereocenters. The highest BCUT2D eigenvalue weighted by atomic mass is 32.2. The molecular weight excluding hydrogens is 428 g/mol. The molecule has 0 fully saturated rings. The molecule has 6 nitrogen and oxygen atoms in total. The Kier molecular flexibility index (Phi) is 5.14. The molecule has 0 unspecified atom stereocenters. The van der Waals surface area contributed by atoms with Crippen molar-refractivity contribution in [3.05, 3.63) is 71.1 Å². The summed E-state index contributed by atoms with van der Waals surface area (Å²) in [6.07, 6.45) is 1.36. The van der Waals surface area contributed by atoms with Crippen molar-refractivity contribution >= 4 is 42.8 Å². The summed E-state index contributed by atoms with van der Waals surface area (Å²) in [4.78, 5) is 0.192. The number of nitrogens with zero attached hydrogens (tertiary/aromatic N) is 1. The molecule has 1 aromatic heterocycles. The first-order chi connectivity index (χ1) is 13.8. The number of aryl methyl sites for hydroxylation is 2. The van der Waals surface area contributed by atoms with Crippen LogP contribution in [0, 0.1) is 6.92 Å². The summed E-state index contributed by atoms with van der Waals surface area (Å²) in [7, 11) is -7.33. The molecule has 9 heteroatoms. The number of nitrogens with one attached hydrogen (secondary N) is 1. The lowest BCUT2D eigenvalue weighted by Crippen LogP contribution is -2.35. The highest BCUT2D eigenvalue weighted by Gasteiger charge is 2.30. The maximum atomic E-state index is 13.0. The van der Waals surface area contributed by atoms with Crippen LogP contribution in [0.15, 0.2) is 69.1 Å². The number of anilines is 2. The normalized spacial score (nSPS) is 14.4. The van der Waals surface area contributed by atoms with Crippen molar-refractivity contribution in [2.45, 2.75) is 28.9 Å². The first-order valence-corrected chi connectivity index (χ1v) is 12.9. The first-order valence-electron chi connectivity index (χ1n) is 9.06. The smallest absolute Gasteiger partial charge is 0.273 e. The SMILES string of the molecule is Cc1cccc(S(=O)(=O)Nc2ccc3c(c2)CCCN3S(=O)(=O)c2cccs2)c1. The molecule has 1 N–H and O–H groups in total. The fourth-order valence-corrected chi connectivity index (χ4v) is 7.19. The number of sulfonamides is 2. The van der Waals surface area contributed by atoms with E-state index in [2.05, 4.69) is 4.72 Å². The fourth-order valence-electron chi connectivity index (χ4n) is 3.39. The molecule has 1 aliphatic heterocycles. The minimum atomic E-state index is -3.72. The van der Waals surface area contributed by atoms with E-state index in [1.165, 1.54) is 15.6 Å². The van der Waals surface area contributed by atoms with E-state index in [0.717, 1.165) is 11.1 Å². The lowest BCUT2D eigenvalue weighted by Gasteiger charge is -2.30. The average molecular weight is 449 g/mol. The Morgan fingerprint density at radius 2 is 1.83 bits per heavy atom. The third-order valence-corrected chi connectivity index (χ3v) is 9.31. The van der Waals surface area contributed by atoms with Crippen LogP contribution >= 0.6 is 11.3 Å². The van der Waals surface area contributed by atoms with E-state index in [-0.39, 0.29) is 4.90 Å². The number of hydrogen-bond acceptors (Lipinski definition) is 5. The van der Waals surface area contributed by atoms with Gasteiger partial charge in [0.15, 0.2) is 0 Å². The van der Waals surface area contributed by atoms with Gasteiger partial charge in [-0.15, -0.1) is 11.3 Å². The molecule has 0 saturated carbocycles. The molecule has 0 saturated heterocycles. The lowest BCUT2D eigenvalue weighted by atomic mass is 10.0. The highest BCUT2D eigenvalue weighted by Crippen LogP contribution is 2.35. The minimum Gasteiger partial charge on any atom is -0.280 e. The van der Waals surface area contributed by atoms with Crippen LogP contribution in [-0.4, -0.2) is 23.4 Å². The number of rotatable bonds is 5. The topological polar surface area (TPSA) is 83.6 Å². The molecule has 2 aromatic carbocycles. The molecule has 1 aliphatic rings. The molecular formula is C20H20N2O4S3. The summed E-state index contributed by atoms with van der Waals surface area (Å²) in [6, 6.07) is 15.0. The second-order valence-electron chi connectivity index (χ2n) is 6.88. The quantitative estimate of drug-likeness (QED) is 0.639. The largest absolute Gasteiger partial charge is 0.280 e. The van der Waals surface area contributed by atoms with Gasteiger partial charge in [0, 0.05) is 12.2 Å². The molecule has 0 radical (unpaired) electrons. The van der Waals surface area contributed by atoms with Crippen LogP contribution in [0.5, 0.6) is 0 Å². The predicted octanol–water partition coefficient (Wildman–Crippen LogP) is 4.00. The summed E-state index contributed by atoms with van der Waals surface area (Å²) in [5.74, 6) is 0. The van der Waals surface area contributed by atoms with Gasteiger partial charge in [-0.05, 0) is 72.7 Å². The van der Waals surface area contributed by atoms with Crippen LogP contribution < -0.4 is 9.03 Å². The number of fused-ring (bicyclic) bond motifs is 1. The summed E-state index contributed by atoms with van der Waals surface area (Å²) < 4.78 is 55.6. The molecule has 152 valence electrons. The van der Waals surface area contributed by atoms with Crippen LogP contribution in [0.4, 0.5) is 11.4 Å². The van der Waals surface area contributed by atoms with Crippen molar-refractivity contribution < 1.29 is 16.8 Å². The number of thiophene rings is 1. The van der Waals surface area contributed by atoms with Crippen LogP contribution in [-0.2, 0) is 26.5 Å². The molecule has 0 aliphatic carbocycles. The van der Waals surface area contributed by atoms with E-state index >= 15 is 0 Å². The summed E-state index contributed by atoms with van der Waals surface area (Å²) in [5.41, 5.74) is 2.68. The van der Waals surface area contributed by atoms with Crippen molar-refractivity contribution in [1.29, 1.82) is 0 Å². The molecule has 4 rings (SSSR count). The predicted molar refractivity (Wildman–Crippen MR) is 116 cm³/mol. The third-order valence-electron chi connectivity index (χ3n) is 4.75. The molecule has 2 heterocycles. The molecule has 0 spiro atoms. The van der Waals surface area contributed by atoms with E-state index in [1.54, 1.807) is 53.9 Å². The lowest BCUT2D eigenvalue weighted by molar-refractivity contribution is 0.588. The third kappa shape index (κ3) is 3.90. The fraction of sp³-hybridized carbons (Fsp3) is 0.200. The van der Waals surface area contributed by atoms with Crippen molar-refractivity contribution in [3.8, 4) is 0 Å². The Hall–Kier alpha value is -2.36. The Bertz CT molecular complexity index is 1250. The standard InChI is InChI=1S/C20H20N2O4S3/c1-15-5-2-7-18(13-15)28(23,24)21-17-9-10-19-16(14-17)6-3-11-22(19)29(25,26)20-8-4-12-27-20/h2,4-5,7-10,12-14,21H,3,6,11H2,1H3. The van der Waals surface area contributed by atoms with Gasteiger partial charge in [-0.2, -0.15) is 0 Å². The van der Waals surface area contributed by atoms with E-state index in [1.807, 2.05) is 13.0 Å². The zero-order valence-electron chi connectivity index (χ0n) is 15.7. The zero-order chi connectivity index (χ0) is 20.6. The maximum absolute atomic E-state index is 13.0. The van der Waals surface area contributed by atoms with Gasteiger partial charge in [0.1, 0.15) is 4.21 Å². The van der Waals surface area contributed by atoms with Crippen molar-refractivity contribution in [1.82, 2.24) is 0 Å². The van der Waals surface area contributed by atoms with Gasteiger partial charge in [-0.3, -0.25) is 9.03 Å². The molecule has 3 aromatic rings. The second-order valence-corrected chi connectivity index (χ2v) is 11.6. The second kappa shape index (κ2) is 7.47.